The maximum Gasteiger partial charge on any atom is 0.151 e. The van der Waals surface area contributed by atoms with Crippen molar-refractivity contribution in [1.29, 1.82) is 5.26 Å². The number of rotatable bonds is 5. The molecule has 0 bridgehead atoms. The summed E-state index contributed by atoms with van der Waals surface area (Å²) in [7, 11) is 0. The van der Waals surface area contributed by atoms with Crippen molar-refractivity contribution in [2.75, 3.05) is 17.2 Å². The van der Waals surface area contributed by atoms with E-state index in [2.05, 4.69) is 49.5 Å². The van der Waals surface area contributed by atoms with Crippen LogP contribution in [0.15, 0.2) is 35.1 Å². The first-order valence-electron chi connectivity index (χ1n) is 6.25. The first kappa shape index (κ1) is 14.3. The SMILES string of the molecule is CCCNc1cncc(Nc2ccc(Br)cc2C#N)n1. The van der Waals surface area contributed by atoms with Gasteiger partial charge in [0, 0.05) is 11.0 Å². The summed E-state index contributed by atoms with van der Waals surface area (Å²) >= 11 is 3.35. The molecular weight excluding hydrogens is 318 g/mol. The molecule has 2 rings (SSSR count). The molecule has 5 nitrogen and oxygen atoms in total. The van der Waals surface area contributed by atoms with Gasteiger partial charge in [0.1, 0.15) is 11.9 Å². The van der Waals surface area contributed by atoms with Crippen LogP contribution in [-0.4, -0.2) is 16.5 Å². The number of halogens is 1. The molecule has 1 aromatic carbocycles. The third-order valence-corrected chi connectivity index (χ3v) is 3.05. The highest BCUT2D eigenvalue weighted by molar-refractivity contribution is 9.10. The Bertz CT molecular complexity index is 636. The Morgan fingerprint density at radius 2 is 2.10 bits per heavy atom. The Balaban J connectivity index is 2.20. The van der Waals surface area contributed by atoms with Crippen LogP contribution in [-0.2, 0) is 0 Å². The summed E-state index contributed by atoms with van der Waals surface area (Å²) in [6.45, 7) is 2.93. The molecule has 6 heteroatoms. The Kier molecular flexibility index (Phi) is 4.91. The fourth-order valence-corrected chi connectivity index (χ4v) is 1.98. The van der Waals surface area contributed by atoms with Crippen molar-refractivity contribution in [1.82, 2.24) is 9.97 Å². The van der Waals surface area contributed by atoms with E-state index >= 15 is 0 Å². The molecular formula is C14H14BrN5. The topological polar surface area (TPSA) is 73.6 Å². The van der Waals surface area contributed by atoms with Crippen LogP contribution in [0.3, 0.4) is 0 Å². The van der Waals surface area contributed by atoms with Gasteiger partial charge in [0.15, 0.2) is 5.82 Å². The van der Waals surface area contributed by atoms with Gasteiger partial charge < -0.3 is 10.6 Å². The van der Waals surface area contributed by atoms with Gasteiger partial charge in [0.05, 0.1) is 23.6 Å². The smallest absolute Gasteiger partial charge is 0.151 e. The predicted octanol–water partition coefficient (Wildman–Crippen LogP) is 3.68. The lowest BCUT2D eigenvalue weighted by molar-refractivity contribution is 0.965. The minimum Gasteiger partial charge on any atom is -0.369 e. The van der Waals surface area contributed by atoms with E-state index in [-0.39, 0.29) is 0 Å². The highest BCUT2D eigenvalue weighted by Gasteiger charge is 2.05. The van der Waals surface area contributed by atoms with Crippen molar-refractivity contribution in [2.45, 2.75) is 13.3 Å². The van der Waals surface area contributed by atoms with Crippen LogP contribution in [0.4, 0.5) is 17.3 Å². The number of nitrogens with zero attached hydrogens (tertiary/aromatic N) is 3. The van der Waals surface area contributed by atoms with E-state index in [1.807, 2.05) is 12.1 Å². The van der Waals surface area contributed by atoms with Gasteiger partial charge in [-0.1, -0.05) is 22.9 Å². The number of hydrogen-bond acceptors (Lipinski definition) is 5. The molecule has 0 amide bonds. The van der Waals surface area contributed by atoms with Gasteiger partial charge in [-0.05, 0) is 24.6 Å². The normalized spacial score (nSPS) is 9.85. The molecule has 0 aliphatic rings. The maximum absolute atomic E-state index is 9.13. The van der Waals surface area contributed by atoms with Crippen molar-refractivity contribution in [3.63, 3.8) is 0 Å². The van der Waals surface area contributed by atoms with Gasteiger partial charge in [-0.2, -0.15) is 5.26 Å². The molecule has 0 aliphatic carbocycles. The van der Waals surface area contributed by atoms with Crippen LogP contribution >= 0.6 is 15.9 Å². The number of nitriles is 1. The lowest BCUT2D eigenvalue weighted by atomic mass is 10.2. The van der Waals surface area contributed by atoms with Crippen LogP contribution in [0.2, 0.25) is 0 Å². The van der Waals surface area contributed by atoms with E-state index in [4.69, 9.17) is 5.26 Å². The maximum atomic E-state index is 9.13. The van der Waals surface area contributed by atoms with Gasteiger partial charge in [-0.25, -0.2) is 4.98 Å². The van der Waals surface area contributed by atoms with Crippen molar-refractivity contribution in [3.8, 4) is 6.07 Å². The summed E-state index contributed by atoms with van der Waals surface area (Å²) in [4.78, 5) is 8.52. The average molecular weight is 332 g/mol. The molecule has 0 atom stereocenters. The van der Waals surface area contributed by atoms with Crippen LogP contribution in [0, 0.1) is 11.3 Å². The minimum atomic E-state index is 0.549. The summed E-state index contributed by atoms with van der Waals surface area (Å²) in [6, 6.07) is 7.61. The highest BCUT2D eigenvalue weighted by Crippen LogP contribution is 2.23. The number of benzene rings is 1. The number of hydrogen-bond donors (Lipinski definition) is 2. The first-order chi connectivity index (χ1) is 9.72. The lowest BCUT2D eigenvalue weighted by Gasteiger charge is -2.09. The van der Waals surface area contributed by atoms with Crippen molar-refractivity contribution < 1.29 is 0 Å². The second-order valence-corrected chi connectivity index (χ2v) is 5.06. The molecule has 2 N–H and O–H groups in total. The second kappa shape index (κ2) is 6.87. The Hall–Kier alpha value is -2.13. The molecule has 2 aromatic rings. The van der Waals surface area contributed by atoms with Crippen molar-refractivity contribution >= 4 is 33.3 Å². The largest absolute Gasteiger partial charge is 0.369 e. The zero-order valence-electron chi connectivity index (χ0n) is 11.0. The molecule has 0 aliphatic heterocycles. The minimum absolute atomic E-state index is 0.549. The predicted molar refractivity (Wildman–Crippen MR) is 83.0 cm³/mol. The Morgan fingerprint density at radius 1 is 1.30 bits per heavy atom. The van der Waals surface area contributed by atoms with Crippen LogP contribution in [0.25, 0.3) is 0 Å². The molecule has 0 saturated carbocycles. The first-order valence-corrected chi connectivity index (χ1v) is 7.05. The number of nitrogens with one attached hydrogen (secondary N) is 2. The molecule has 20 heavy (non-hydrogen) atoms. The molecule has 102 valence electrons. The van der Waals surface area contributed by atoms with Gasteiger partial charge in [0.25, 0.3) is 0 Å². The fourth-order valence-electron chi connectivity index (χ4n) is 1.62. The molecule has 0 unspecified atom stereocenters. The van der Waals surface area contributed by atoms with Crippen LogP contribution in [0.1, 0.15) is 18.9 Å². The number of aromatic nitrogens is 2. The van der Waals surface area contributed by atoms with E-state index in [1.165, 1.54) is 0 Å². The zero-order chi connectivity index (χ0) is 14.4. The fraction of sp³-hybridized carbons (Fsp3) is 0.214. The van der Waals surface area contributed by atoms with Gasteiger partial charge in [-0.3, -0.25) is 4.98 Å². The molecule has 0 saturated heterocycles. The van der Waals surface area contributed by atoms with E-state index in [1.54, 1.807) is 18.5 Å². The Morgan fingerprint density at radius 3 is 2.85 bits per heavy atom. The van der Waals surface area contributed by atoms with Gasteiger partial charge >= 0.3 is 0 Å². The molecule has 1 aromatic heterocycles. The molecule has 0 radical (unpaired) electrons. The van der Waals surface area contributed by atoms with E-state index < -0.39 is 0 Å². The zero-order valence-corrected chi connectivity index (χ0v) is 12.6. The van der Waals surface area contributed by atoms with E-state index in [9.17, 15) is 0 Å². The van der Waals surface area contributed by atoms with Gasteiger partial charge in [0.2, 0.25) is 0 Å². The van der Waals surface area contributed by atoms with Crippen LogP contribution in [0.5, 0.6) is 0 Å². The summed E-state index contributed by atoms with van der Waals surface area (Å²) < 4.78 is 0.865. The van der Waals surface area contributed by atoms with E-state index in [0.717, 1.165) is 17.4 Å². The quantitative estimate of drug-likeness (QED) is 0.874. The molecule has 0 spiro atoms. The van der Waals surface area contributed by atoms with Crippen molar-refractivity contribution in [3.05, 3.63) is 40.6 Å². The summed E-state index contributed by atoms with van der Waals surface area (Å²) in [5.74, 6) is 1.32. The number of anilines is 3. The van der Waals surface area contributed by atoms with E-state index in [0.29, 0.717) is 22.9 Å². The molecule has 0 fully saturated rings. The second-order valence-electron chi connectivity index (χ2n) is 4.14. The highest BCUT2D eigenvalue weighted by atomic mass is 79.9. The lowest BCUT2D eigenvalue weighted by Crippen LogP contribution is -2.04. The van der Waals surface area contributed by atoms with Crippen molar-refractivity contribution in [2.24, 2.45) is 0 Å². The van der Waals surface area contributed by atoms with Crippen LogP contribution < -0.4 is 10.6 Å². The summed E-state index contributed by atoms with van der Waals surface area (Å²) in [5.41, 5.74) is 1.26. The summed E-state index contributed by atoms with van der Waals surface area (Å²) in [5, 5.41) is 15.4. The Labute approximate surface area is 126 Å². The third-order valence-electron chi connectivity index (χ3n) is 2.56. The molecule has 1 heterocycles. The summed E-state index contributed by atoms with van der Waals surface area (Å²) in [6.07, 6.45) is 4.32. The average Bonchev–Trinajstić information content (AvgIpc) is 2.47. The standard InChI is InChI=1S/C14H14BrN5/c1-2-5-18-13-8-17-9-14(20-13)19-12-4-3-11(15)6-10(12)7-16/h3-4,6,8-9H,2,5H2,1H3,(H2,18,19,20). The van der Waals surface area contributed by atoms with Gasteiger partial charge in [-0.15, -0.1) is 0 Å². The third kappa shape index (κ3) is 3.68. The monoisotopic (exact) mass is 331 g/mol.